The topological polar surface area (TPSA) is 55.4 Å². The number of methoxy groups -OCH3 is 1. The van der Waals surface area contributed by atoms with Crippen molar-refractivity contribution < 1.29 is 14.3 Å². The first-order valence-corrected chi connectivity index (χ1v) is 6.13. The number of nitrogens with one attached hydrogen (secondary N) is 1. The summed E-state index contributed by atoms with van der Waals surface area (Å²) in [5.41, 5.74) is -0.301. The molecule has 1 aliphatic rings. The molecule has 1 aromatic rings. The van der Waals surface area contributed by atoms with Crippen LogP contribution < -0.4 is 10.1 Å². The Morgan fingerprint density at radius 3 is 2.79 bits per heavy atom. The Balaban J connectivity index is 2.17. The highest BCUT2D eigenvalue weighted by molar-refractivity contribution is 6.13. The average molecular weight is 259 g/mol. The molecule has 0 heterocycles. The number of ketones is 1. The Morgan fingerprint density at radius 1 is 1.53 bits per heavy atom. The molecule has 0 bridgehead atoms. The van der Waals surface area contributed by atoms with Crippen LogP contribution in [0.15, 0.2) is 36.9 Å². The molecule has 1 saturated carbocycles. The molecule has 100 valence electrons. The van der Waals surface area contributed by atoms with Crippen LogP contribution in [0.3, 0.4) is 0 Å². The van der Waals surface area contributed by atoms with Gasteiger partial charge in [0.15, 0.2) is 0 Å². The van der Waals surface area contributed by atoms with Gasteiger partial charge in [-0.15, -0.1) is 6.58 Å². The fourth-order valence-corrected chi connectivity index (χ4v) is 2.34. The number of anilines is 1. The Labute approximate surface area is 112 Å². The quantitative estimate of drug-likeness (QED) is 0.652. The minimum absolute atomic E-state index is 0.0596. The zero-order valence-electron chi connectivity index (χ0n) is 11.1. The van der Waals surface area contributed by atoms with Gasteiger partial charge in [0.1, 0.15) is 16.9 Å². The Morgan fingerprint density at radius 2 is 2.26 bits per heavy atom. The van der Waals surface area contributed by atoms with Crippen LogP contribution in [0.1, 0.15) is 13.3 Å². The van der Waals surface area contributed by atoms with Crippen molar-refractivity contribution in [3.63, 3.8) is 0 Å². The van der Waals surface area contributed by atoms with Gasteiger partial charge in [0.2, 0.25) is 5.91 Å². The first kappa shape index (κ1) is 13.3. The number of hydrogen-bond donors (Lipinski definition) is 1. The smallest absolute Gasteiger partial charge is 0.238 e. The van der Waals surface area contributed by atoms with E-state index in [0.717, 1.165) is 0 Å². The van der Waals surface area contributed by atoms with E-state index >= 15 is 0 Å². The SMILES string of the molecule is C=CC1CC1(C(C)=O)C(=O)Nc1cccc(OC)c1. The summed E-state index contributed by atoms with van der Waals surface area (Å²) in [6.07, 6.45) is 2.22. The fourth-order valence-electron chi connectivity index (χ4n) is 2.34. The summed E-state index contributed by atoms with van der Waals surface area (Å²) in [4.78, 5) is 24.0. The lowest BCUT2D eigenvalue weighted by Gasteiger charge is -2.14. The maximum atomic E-state index is 12.3. The number of ether oxygens (including phenoxy) is 1. The van der Waals surface area contributed by atoms with Gasteiger partial charge in [-0.2, -0.15) is 0 Å². The van der Waals surface area contributed by atoms with Crippen LogP contribution in [0.5, 0.6) is 5.75 Å². The molecule has 2 unspecified atom stereocenters. The Bertz CT molecular complexity index is 538. The molecular weight excluding hydrogens is 242 g/mol. The molecule has 0 saturated heterocycles. The van der Waals surface area contributed by atoms with Crippen molar-refractivity contribution in [3.05, 3.63) is 36.9 Å². The first-order valence-electron chi connectivity index (χ1n) is 6.13. The van der Waals surface area contributed by atoms with Gasteiger partial charge in [-0.25, -0.2) is 0 Å². The van der Waals surface area contributed by atoms with E-state index in [1.165, 1.54) is 6.92 Å². The standard InChI is InChI=1S/C15H17NO3/c1-4-11-9-15(11,10(2)17)14(18)16-12-6-5-7-13(8-12)19-3/h4-8,11H,1,9H2,2-3H3,(H,16,18). The summed E-state index contributed by atoms with van der Waals surface area (Å²) in [5.74, 6) is 0.220. The number of amides is 1. The molecule has 1 fully saturated rings. The highest BCUT2D eigenvalue weighted by Crippen LogP contribution is 2.54. The van der Waals surface area contributed by atoms with Crippen molar-refractivity contribution in [2.75, 3.05) is 12.4 Å². The third-order valence-corrected chi connectivity index (χ3v) is 3.66. The summed E-state index contributed by atoms with van der Waals surface area (Å²) in [6.45, 7) is 5.12. The predicted octanol–water partition coefficient (Wildman–Crippen LogP) is 2.42. The van der Waals surface area contributed by atoms with E-state index in [9.17, 15) is 9.59 Å². The number of allylic oxidation sites excluding steroid dienone is 1. The lowest BCUT2D eigenvalue weighted by atomic mass is 9.97. The van der Waals surface area contributed by atoms with Crippen LogP contribution in [-0.4, -0.2) is 18.8 Å². The highest BCUT2D eigenvalue weighted by Gasteiger charge is 2.62. The molecule has 0 aliphatic heterocycles. The van der Waals surface area contributed by atoms with Crippen LogP contribution in [0.2, 0.25) is 0 Å². The van der Waals surface area contributed by atoms with E-state index in [4.69, 9.17) is 4.74 Å². The summed E-state index contributed by atoms with van der Waals surface area (Å²) in [5, 5.41) is 2.78. The van der Waals surface area contributed by atoms with Crippen LogP contribution in [0.4, 0.5) is 5.69 Å². The molecule has 1 N–H and O–H groups in total. The third-order valence-electron chi connectivity index (χ3n) is 3.66. The van der Waals surface area contributed by atoms with Gasteiger partial charge in [0.25, 0.3) is 0 Å². The second kappa shape index (κ2) is 4.88. The molecule has 1 aromatic carbocycles. The lowest BCUT2D eigenvalue weighted by molar-refractivity contribution is -0.132. The largest absolute Gasteiger partial charge is 0.497 e. The van der Waals surface area contributed by atoms with Crippen molar-refractivity contribution in [1.82, 2.24) is 0 Å². The average Bonchev–Trinajstić information content (AvgIpc) is 3.15. The highest BCUT2D eigenvalue weighted by atomic mass is 16.5. The molecule has 19 heavy (non-hydrogen) atoms. The maximum absolute atomic E-state index is 12.3. The van der Waals surface area contributed by atoms with E-state index in [2.05, 4.69) is 11.9 Å². The van der Waals surface area contributed by atoms with Crippen molar-refractivity contribution in [1.29, 1.82) is 0 Å². The van der Waals surface area contributed by atoms with E-state index in [1.54, 1.807) is 37.5 Å². The normalized spacial score (nSPS) is 24.4. The number of Topliss-reactive ketones (excluding diaryl/α,β-unsaturated/α-hetero) is 1. The van der Waals surface area contributed by atoms with E-state index in [1.807, 2.05) is 0 Å². The van der Waals surface area contributed by atoms with E-state index in [0.29, 0.717) is 17.9 Å². The van der Waals surface area contributed by atoms with Gasteiger partial charge in [-0.1, -0.05) is 12.1 Å². The molecule has 1 amide bonds. The number of carbonyl (C=O) groups is 2. The molecule has 0 spiro atoms. The minimum Gasteiger partial charge on any atom is -0.497 e. The molecule has 4 nitrogen and oxygen atoms in total. The van der Waals surface area contributed by atoms with Gasteiger partial charge < -0.3 is 10.1 Å². The Kier molecular flexibility index (Phi) is 3.42. The predicted molar refractivity (Wildman–Crippen MR) is 73.0 cm³/mol. The minimum atomic E-state index is -0.926. The summed E-state index contributed by atoms with van der Waals surface area (Å²) in [6, 6.07) is 7.06. The lowest BCUT2D eigenvalue weighted by Crippen LogP contribution is -2.31. The zero-order chi connectivity index (χ0) is 14.0. The second-order valence-corrected chi connectivity index (χ2v) is 4.76. The molecular formula is C15H17NO3. The molecule has 1 aliphatic carbocycles. The summed E-state index contributed by atoms with van der Waals surface area (Å²) >= 11 is 0. The third kappa shape index (κ3) is 2.26. The number of benzene rings is 1. The summed E-state index contributed by atoms with van der Waals surface area (Å²) in [7, 11) is 1.56. The molecule has 2 atom stereocenters. The fraction of sp³-hybridized carbons (Fsp3) is 0.333. The number of hydrogen-bond acceptors (Lipinski definition) is 3. The van der Waals surface area contributed by atoms with Crippen molar-refractivity contribution >= 4 is 17.4 Å². The van der Waals surface area contributed by atoms with Gasteiger partial charge in [0, 0.05) is 11.8 Å². The van der Waals surface area contributed by atoms with Crippen LogP contribution in [-0.2, 0) is 9.59 Å². The monoisotopic (exact) mass is 259 g/mol. The van der Waals surface area contributed by atoms with Crippen molar-refractivity contribution in [2.24, 2.45) is 11.3 Å². The zero-order valence-corrected chi connectivity index (χ0v) is 11.1. The van der Waals surface area contributed by atoms with Crippen molar-refractivity contribution in [3.8, 4) is 5.75 Å². The second-order valence-electron chi connectivity index (χ2n) is 4.76. The first-order chi connectivity index (χ1) is 9.04. The maximum Gasteiger partial charge on any atom is 0.238 e. The summed E-state index contributed by atoms with van der Waals surface area (Å²) < 4.78 is 5.09. The Hall–Kier alpha value is -2.10. The molecule has 0 aromatic heterocycles. The molecule has 0 radical (unpaired) electrons. The number of carbonyl (C=O) groups excluding carboxylic acids is 2. The van der Waals surface area contributed by atoms with E-state index < -0.39 is 5.41 Å². The van der Waals surface area contributed by atoms with Gasteiger partial charge >= 0.3 is 0 Å². The molecule has 2 rings (SSSR count). The van der Waals surface area contributed by atoms with Crippen LogP contribution >= 0.6 is 0 Å². The van der Waals surface area contributed by atoms with E-state index in [-0.39, 0.29) is 17.6 Å². The van der Waals surface area contributed by atoms with Gasteiger partial charge in [0.05, 0.1) is 7.11 Å². The number of rotatable bonds is 5. The molecule has 4 heteroatoms. The van der Waals surface area contributed by atoms with Crippen LogP contribution in [0.25, 0.3) is 0 Å². The van der Waals surface area contributed by atoms with Crippen molar-refractivity contribution in [2.45, 2.75) is 13.3 Å². The van der Waals surface area contributed by atoms with Gasteiger partial charge in [-0.3, -0.25) is 9.59 Å². The van der Waals surface area contributed by atoms with Gasteiger partial charge in [-0.05, 0) is 31.4 Å². The van der Waals surface area contributed by atoms with Crippen LogP contribution in [0, 0.1) is 11.3 Å².